The van der Waals surface area contributed by atoms with Gasteiger partial charge in [-0.1, -0.05) is 6.42 Å². The van der Waals surface area contributed by atoms with Crippen molar-refractivity contribution in [2.24, 2.45) is 0 Å². The molecule has 1 rings (SSSR count). The second kappa shape index (κ2) is 4.69. The highest BCUT2D eigenvalue weighted by Gasteiger charge is 2.10. The van der Waals surface area contributed by atoms with Crippen molar-refractivity contribution in [2.75, 3.05) is 13.2 Å². The fraction of sp³-hybridized carbons (Fsp3) is 1.00. The van der Waals surface area contributed by atoms with Gasteiger partial charge >= 0.3 is 0 Å². The molecule has 1 saturated heterocycles. The molecule has 0 aromatic carbocycles. The zero-order chi connectivity index (χ0) is 7.23. The summed E-state index contributed by atoms with van der Waals surface area (Å²) in [5.74, 6) is 0. The molecule has 1 aliphatic rings. The molecule has 1 heterocycles. The van der Waals surface area contributed by atoms with Crippen LogP contribution in [0.1, 0.15) is 32.1 Å². The summed E-state index contributed by atoms with van der Waals surface area (Å²) in [7, 11) is 0. The zero-order valence-electron chi connectivity index (χ0n) is 6.47. The number of hydrogen-bond donors (Lipinski definition) is 2. The summed E-state index contributed by atoms with van der Waals surface area (Å²) in [5.41, 5.74) is 0. The number of rotatable bonds is 3. The minimum absolute atomic E-state index is 0.345. The smallest absolute Gasteiger partial charge is 0.0431 e. The van der Waals surface area contributed by atoms with Crippen molar-refractivity contribution in [3.05, 3.63) is 0 Å². The molecule has 2 nitrogen and oxygen atoms in total. The normalized spacial score (nSPS) is 26.7. The van der Waals surface area contributed by atoms with Crippen LogP contribution in [0.15, 0.2) is 0 Å². The number of aliphatic hydroxyl groups excluding tert-OH is 1. The molecule has 0 amide bonds. The van der Waals surface area contributed by atoms with Gasteiger partial charge in [-0.25, -0.2) is 0 Å². The minimum Gasteiger partial charge on any atom is -0.396 e. The SMILES string of the molecule is OCCC[C@@H]1CCCCN1. The van der Waals surface area contributed by atoms with Gasteiger partial charge in [0.1, 0.15) is 0 Å². The van der Waals surface area contributed by atoms with E-state index in [2.05, 4.69) is 5.32 Å². The highest BCUT2D eigenvalue weighted by molar-refractivity contribution is 4.71. The summed E-state index contributed by atoms with van der Waals surface area (Å²) in [6.07, 6.45) is 6.10. The van der Waals surface area contributed by atoms with Gasteiger partial charge in [0.05, 0.1) is 0 Å². The molecule has 60 valence electrons. The van der Waals surface area contributed by atoms with Crippen LogP contribution in [-0.2, 0) is 0 Å². The van der Waals surface area contributed by atoms with Gasteiger partial charge in [-0.2, -0.15) is 0 Å². The Morgan fingerprint density at radius 1 is 1.40 bits per heavy atom. The third kappa shape index (κ3) is 2.67. The fourth-order valence-corrected chi connectivity index (χ4v) is 1.51. The maximum atomic E-state index is 8.57. The quantitative estimate of drug-likeness (QED) is 0.615. The maximum Gasteiger partial charge on any atom is 0.0431 e. The Hall–Kier alpha value is -0.0800. The molecule has 0 spiro atoms. The molecular weight excluding hydrogens is 126 g/mol. The number of aliphatic hydroxyl groups is 1. The maximum absolute atomic E-state index is 8.57. The molecule has 0 unspecified atom stereocenters. The molecule has 2 heteroatoms. The van der Waals surface area contributed by atoms with E-state index in [1.807, 2.05) is 0 Å². The van der Waals surface area contributed by atoms with Crippen LogP contribution < -0.4 is 5.32 Å². The predicted octanol–water partition coefficient (Wildman–Crippen LogP) is 0.901. The second-order valence-electron chi connectivity index (χ2n) is 3.01. The summed E-state index contributed by atoms with van der Waals surface area (Å²) >= 11 is 0. The van der Waals surface area contributed by atoms with Gasteiger partial charge in [0.15, 0.2) is 0 Å². The van der Waals surface area contributed by atoms with Crippen molar-refractivity contribution in [1.29, 1.82) is 0 Å². The van der Waals surface area contributed by atoms with Crippen LogP contribution in [0.4, 0.5) is 0 Å². The topological polar surface area (TPSA) is 32.3 Å². The van der Waals surface area contributed by atoms with Crippen LogP contribution in [-0.4, -0.2) is 24.3 Å². The lowest BCUT2D eigenvalue weighted by molar-refractivity contribution is 0.266. The Bertz CT molecular complexity index is 79.3. The third-order valence-electron chi connectivity index (χ3n) is 2.12. The first kappa shape index (κ1) is 8.02. The molecule has 0 aromatic rings. The first-order valence-corrected chi connectivity index (χ1v) is 4.27. The van der Waals surface area contributed by atoms with E-state index in [4.69, 9.17) is 5.11 Å². The van der Waals surface area contributed by atoms with E-state index in [9.17, 15) is 0 Å². The van der Waals surface area contributed by atoms with Crippen LogP contribution in [0, 0.1) is 0 Å². The minimum atomic E-state index is 0.345. The van der Waals surface area contributed by atoms with Crippen molar-refractivity contribution < 1.29 is 5.11 Å². The molecule has 0 saturated carbocycles. The van der Waals surface area contributed by atoms with Crippen molar-refractivity contribution >= 4 is 0 Å². The average molecular weight is 143 g/mol. The molecule has 0 radical (unpaired) electrons. The van der Waals surface area contributed by atoms with E-state index in [0.717, 1.165) is 12.8 Å². The van der Waals surface area contributed by atoms with Gasteiger partial charge in [0, 0.05) is 12.6 Å². The molecule has 1 atom stereocenters. The van der Waals surface area contributed by atoms with Gasteiger partial charge in [-0.15, -0.1) is 0 Å². The largest absolute Gasteiger partial charge is 0.396 e. The van der Waals surface area contributed by atoms with Crippen LogP contribution in [0.2, 0.25) is 0 Å². The summed E-state index contributed by atoms with van der Waals surface area (Å²) in [4.78, 5) is 0. The Labute approximate surface area is 62.6 Å². The van der Waals surface area contributed by atoms with E-state index in [1.54, 1.807) is 0 Å². The van der Waals surface area contributed by atoms with Gasteiger partial charge in [-0.05, 0) is 32.2 Å². The van der Waals surface area contributed by atoms with Gasteiger partial charge in [-0.3, -0.25) is 0 Å². The molecule has 0 aromatic heterocycles. The summed E-state index contributed by atoms with van der Waals surface area (Å²) in [5, 5.41) is 12.0. The van der Waals surface area contributed by atoms with E-state index in [-0.39, 0.29) is 0 Å². The van der Waals surface area contributed by atoms with Gasteiger partial charge in [0.2, 0.25) is 0 Å². The van der Waals surface area contributed by atoms with Gasteiger partial charge < -0.3 is 10.4 Å². The average Bonchev–Trinajstić information content (AvgIpc) is 2.03. The van der Waals surface area contributed by atoms with Crippen LogP contribution in [0.3, 0.4) is 0 Å². The monoisotopic (exact) mass is 143 g/mol. The Morgan fingerprint density at radius 3 is 2.90 bits per heavy atom. The second-order valence-corrected chi connectivity index (χ2v) is 3.01. The van der Waals surface area contributed by atoms with E-state index in [0.29, 0.717) is 12.6 Å². The van der Waals surface area contributed by atoms with Crippen molar-refractivity contribution in [1.82, 2.24) is 5.32 Å². The lowest BCUT2D eigenvalue weighted by atomic mass is 10.0. The summed E-state index contributed by atoms with van der Waals surface area (Å²) in [6.45, 7) is 1.52. The van der Waals surface area contributed by atoms with E-state index < -0.39 is 0 Å². The third-order valence-corrected chi connectivity index (χ3v) is 2.12. The first-order valence-electron chi connectivity index (χ1n) is 4.27. The molecular formula is C8H17NO. The molecule has 1 fully saturated rings. The molecule has 0 bridgehead atoms. The Morgan fingerprint density at radius 2 is 2.30 bits per heavy atom. The summed E-state index contributed by atoms with van der Waals surface area (Å²) in [6, 6.07) is 0.695. The first-order chi connectivity index (χ1) is 4.93. The van der Waals surface area contributed by atoms with Crippen LogP contribution in [0.25, 0.3) is 0 Å². The zero-order valence-corrected chi connectivity index (χ0v) is 6.47. The fourth-order valence-electron chi connectivity index (χ4n) is 1.51. The van der Waals surface area contributed by atoms with Crippen molar-refractivity contribution in [3.63, 3.8) is 0 Å². The highest BCUT2D eigenvalue weighted by Crippen LogP contribution is 2.10. The molecule has 2 N–H and O–H groups in total. The van der Waals surface area contributed by atoms with Crippen molar-refractivity contribution in [3.8, 4) is 0 Å². The van der Waals surface area contributed by atoms with Crippen LogP contribution in [0.5, 0.6) is 0 Å². The number of nitrogens with one attached hydrogen (secondary N) is 1. The van der Waals surface area contributed by atoms with Crippen LogP contribution >= 0.6 is 0 Å². The lowest BCUT2D eigenvalue weighted by Crippen LogP contribution is -2.33. The predicted molar refractivity (Wildman–Crippen MR) is 42.0 cm³/mol. The lowest BCUT2D eigenvalue weighted by Gasteiger charge is -2.22. The van der Waals surface area contributed by atoms with E-state index in [1.165, 1.54) is 25.8 Å². The number of hydrogen-bond acceptors (Lipinski definition) is 2. The van der Waals surface area contributed by atoms with Gasteiger partial charge in [0.25, 0.3) is 0 Å². The van der Waals surface area contributed by atoms with E-state index >= 15 is 0 Å². The highest BCUT2D eigenvalue weighted by atomic mass is 16.2. The van der Waals surface area contributed by atoms with Crippen molar-refractivity contribution in [2.45, 2.75) is 38.1 Å². The molecule has 10 heavy (non-hydrogen) atoms. The Balaban J connectivity index is 2.02. The number of piperidine rings is 1. The molecule has 1 aliphatic heterocycles. The Kier molecular flexibility index (Phi) is 3.76. The summed E-state index contributed by atoms with van der Waals surface area (Å²) < 4.78 is 0. The molecule has 0 aliphatic carbocycles. The standard InChI is InChI=1S/C8H17NO/c10-7-3-5-8-4-1-2-6-9-8/h8-10H,1-7H2/t8-/m0/s1.